The molecule has 3 heteroatoms. The van der Waals surface area contributed by atoms with Crippen LogP contribution in [0.15, 0.2) is 200 Å². The molecule has 0 spiro atoms. The van der Waals surface area contributed by atoms with Gasteiger partial charge in [-0.3, -0.25) is 0 Å². The Bertz CT molecular complexity index is 2820. The maximum Gasteiger partial charge on any atom is 0.0468 e. The molecule has 306 valence electrons. The second-order valence-corrected chi connectivity index (χ2v) is 17.2. The smallest absolute Gasteiger partial charge is 0.0468 e. The SMILES string of the molecule is Cc1cccc(N(c2cccc(C)c2)c2ccc3c(c2)c2ccc(N(c4cccc(C)c4)c4cccc(C)c4)cc2c2ccc(N(c4cccc(C)c4)c4cccc(C)c4)cc32)c1. The topological polar surface area (TPSA) is 9.72 Å². The normalized spacial score (nSPS) is 11.3. The lowest BCUT2D eigenvalue weighted by Gasteiger charge is -2.28. The summed E-state index contributed by atoms with van der Waals surface area (Å²) in [4.78, 5) is 7.19. The van der Waals surface area contributed by atoms with Gasteiger partial charge in [-0.25, -0.2) is 0 Å². The molecular formula is C60H51N3. The molecule has 0 bridgehead atoms. The van der Waals surface area contributed by atoms with Crippen molar-refractivity contribution in [2.24, 2.45) is 0 Å². The van der Waals surface area contributed by atoms with Crippen molar-refractivity contribution in [2.75, 3.05) is 14.7 Å². The van der Waals surface area contributed by atoms with Crippen LogP contribution in [0.3, 0.4) is 0 Å². The van der Waals surface area contributed by atoms with E-state index in [2.05, 4.69) is 256 Å². The highest BCUT2D eigenvalue weighted by molar-refractivity contribution is 6.27. The van der Waals surface area contributed by atoms with Crippen molar-refractivity contribution in [3.05, 3.63) is 234 Å². The molecule has 0 aliphatic carbocycles. The first-order valence-electron chi connectivity index (χ1n) is 21.9. The number of hydrogen-bond acceptors (Lipinski definition) is 3. The molecule has 0 saturated carbocycles. The molecule has 63 heavy (non-hydrogen) atoms. The molecule has 0 aliphatic heterocycles. The Morgan fingerprint density at radius 2 is 0.381 bits per heavy atom. The van der Waals surface area contributed by atoms with E-state index in [4.69, 9.17) is 0 Å². The Labute approximate surface area is 371 Å². The summed E-state index contributed by atoms with van der Waals surface area (Å²) in [7, 11) is 0. The summed E-state index contributed by atoms with van der Waals surface area (Å²) >= 11 is 0. The van der Waals surface area contributed by atoms with Gasteiger partial charge in [-0.15, -0.1) is 0 Å². The maximum absolute atomic E-state index is 2.41. The first-order chi connectivity index (χ1) is 30.7. The van der Waals surface area contributed by atoms with Crippen molar-refractivity contribution in [3.8, 4) is 0 Å². The van der Waals surface area contributed by atoms with Gasteiger partial charge >= 0.3 is 0 Å². The summed E-state index contributed by atoms with van der Waals surface area (Å²) in [6.45, 7) is 13.0. The number of benzene rings is 10. The molecule has 0 N–H and O–H groups in total. The largest absolute Gasteiger partial charge is 0.310 e. The van der Waals surface area contributed by atoms with Gasteiger partial charge in [-0.2, -0.15) is 0 Å². The molecule has 0 amide bonds. The quantitative estimate of drug-likeness (QED) is 0.134. The predicted molar refractivity (Wildman–Crippen MR) is 271 cm³/mol. The van der Waals surface area contributed by atoms with Crippen molar-refractivity contribution in [1.29, 1.82) is 0 Å². The van der Waals surface area contributed by atoms with E-state index in [9.17, 15) is 0 Å². The lowest BCUT2D eigenvalue weighted by atomic mass is 9.92. The van der Waals surface area contributed by atoms with E-state index in [1.165, 1.54) is 65.7 Å². The first-order valence-corrected chi connectivity index (χ1v) is 21.9. The molecule has 0 radical (unpaired) electrons. The van der Waals surface area contributed by atoms with Gasteiger partial charge in [0.2, 0.25) is 0 Å². The fraction of sp³-hybridized carbons (Fsp3) is 0.100. The molecule has 0 saturated heterocycles. The molecule has 10 aromatic carbocycles. The molecule has 0 unspecified atom stereocenters. The summed E-state index contributed by atoms with van der Waals surface area (Å²) in [5.74, 6) is 0. The second-order valence-electron chi connectivity index (χ2n) is 17.2. The van der Waals surface area contributed by atoms with Crippen molar-refractivity contribution in [1.82, 2.24) is 0 Å². The van der Waals surface area contributed by atoms with Crippen LogP contribution in [-0.2, 0) is 0 Å². The van der Waals surface area contributed by atoms with Gasteiger partial charge in [0.1, 0.15) is 0 Å². The van der Waals surface area contributed by atoms with Crippen LogP contribution in [0.5, 0.6) is 0 Å². The van der Waals surface area contributed by atoms with E-state index in [0.717, 1.165) is 51.2 Å². The molecule has 3 nitrogen and oxygen atoms in total. The summed E-state index contributed by atoms with van der Waals surface area (Å²) in [5, 5.41) is 7.27. The van der Waals surface area contributed by atoms with Gasteiger partial charge < -0.3 is 14.7 Å². The standard InChI is InChI=1S/C60H51N3/c1-40-13-7-19-46(31-40)61(47-20-8-14-41(2)32-47)52-25-28-55-58(37-52)56-29-26-53(62(48-21-9-15-42(3)33-48)49-22-10-16-43(4)34-49)39-60(56)57-30-27-54(38-59(55)57)63(50-23-11-17-44(5)35-50)51-24-12-18-45(6)36-51/h7-39H,1-6H3. The van der Waals surface area contributed by atoms with E-state index in [1.807, 2.05) is 0 Å². The van der Waals surface area contributed by atoms with Gasteiger partial charge in [0.05, 0.1) is 0 Å². The zero-order valence-corrected chi connectivity index (χ0v) is 36.9. The molecular weight excluding hydrogens is 763 g/mol. The Kier molecular flexibility index (Phi) is 10.2. The molecule has 10 rings (SSSR count). The zero-order valence-electron chi connectivity index (χ0n) is 36.9. The highest BCUT2D eigenvalue weighted by atomic mass is 15.2. The average molecular weight is 814 g/mol. The molecule has 0 aromatic heterocycles. The third-order valence-corrected chi connectivity index (χ3v) is 12.2. The lowest BCUT2D eigenvalue weighted by Crippen LogP contribution is -2.11. The summed E-state index contributed by atoms with van der Waals surface area (Å²) in [6.07, 6.45) is 0. The Balaban J connectivity index is 1.27. The summed E-state index contributed by atoms with van der Waals surface area (Å²) < 4.78 is 0. The van der Waals surface area contributed by atoms with E-state index in [-0.39, 0.29) is 0 Å². The van der Waals surface area contributed by atoms with Gasteiger partial charge in [0.15, 0.2) is 0 Å². The Morgan fingerprint density at radius 1 is 0.190 bits per heavy atom. The number of anilines is 9. The van der Waals surface area contributed by atoms with E-state index < -0.39 is 0 Å². The number of nitrogens with zero attached hydrogens (tertiary/aromatic N) is 3. The van der Waals surface area contributed by atoms with Crippen molar-refractivity contribution < 1.29 is 0 Å². The third kappa shape index (κ3) is 7.68. The minimum Gasteiger partial charge on any atom is -0.310 e. The van der Waals surface area contributed by atoms with Crippen LogP contribution in [0.2, 0.25) is 0 Å². The minimum absolute atomic E-state index is 1.11. The number of rotatable bonds is 9. The molecule has 0 fully saturated rings. The lowest BCUT2D eigenvalue weighted by molar-refractivity contribution is 1.26. The highest BCUT2D eigenvalue weighted by Gasteiger charge is 2.21. The highest BCUT2D eigenvalue weighted by Crippen LogP contribution is 2.46. The van der Waals surface area contributed by atoms with Crippen LogP contribution in [0.25, 0.3) is 32.3 Å². The van der Waals surface area contributed by atoms with Gasteiger partial charge in [0, 0.05) is 51.2 Å². The second kappa shape index (κ2) is 16.3. The fourth-order valence-electron chi connectivity index (χ4n) is 9.33. The number of hydrogen-bond donors (Lipinski definition) is 0. The van der Waals surface area contributed by atoms with Gasteiger partial charge in [-0.05, 0) is 216 Å². The van der Waals surface area contributed by atoms with Crippen LogP contribution in [0, 0.1) is 41.5 Å². The fourth-order valence-corrected chi connectivity index (χ4v) is 9.33. The number of aryl methyl sites for hydroxylation is 6. The van der Waals surface area contributed by atoms with E-state index in [0.29, 0.717) is 0 Å². The molecule has 10 aromatic rings. The van der Waals surface area contributed by atoms with Crippen LogP contribution in [0.1, 0.15) is 33.4 Å². The molecule has 0 heterocycles. The molecule has 0 aliphatic rings. The Hall–Kier alpha value is -7.62. The molecule has 0 atom stereocenters. The summed E-state index contributed by atoms with van der Waals surface area (Å²) in [6, 6.07) is 74.1. The van der Waals surface area contributed by atoms with Crippen LogP contribution >= 0.6 is 0 Å². The number of fused-ring (bicyclic) bond motifs is 6. The maximum atomic E-state index is 2.41. The average Bonchev–Trinajstić information content (AvgIpc) is 3.27. The predicted octanol–water partition coefficient (Wildman–Crippen LogP) is 17.4. The third-order valence-electron chi connectivity index (χ3n) is 12.2. The van der Waals surface area contributed by atoms with E-state index >= 15 is 0 Å². The van der Waals surface area contributed by atoms with Crippen LogP contribution < -0.4 is 14.7 Å². The van der Waals surface area contributed by atoms with Gasteiger partial charge in [-0.1, -0.05) is 91.0 Å². The van der Waals surface area contributed by atoms with Gasteiger partial charge in [0.25, 0.3) is 0 Å². The minimum atomic E-state index is 1.11. The van der Waals surface area contributed by atoms with Crippen molar-refractivity contribution in [2.45, 2.75) is 41.5 Å². The zero-order chi connectivity index (χ0) is 43.2. The van der Waals surface area contributed by atoms with Crippen molar-refractivity contribution >= 4 is 83.5 Å². The summed E-state index contributed by atoms with van der Waals surface area (Å²) in [5.41, 5.74) is 17.5. The van der Waals surface area contributed by atoms with E-state index in [1.54, 1.807) is 0 Å². The van der Waals surface area contributed by atoms with Crippen LogP contribution in [0.4, 0.5) is 51.2 Å². The van der Waals surface area contributed by atoms with Crippen LogP contribution in [-0.4, -0.2) is 0 Å². The Morgan fingerprint density at radius 3 is 0.571 bits per heavy atom. The van der Waals surface area contributed by atoms with Crippen molar-refractivity contribution in [3.63, 3.8) is 0 Å². The first kappa shape index (κ1) is 39.5. The monoisotopic (exact) mass is 813 g/mol.